The van der Waals surface area contributed by atoms with Gasteiger partial charge in [-0.2, -0.15) is 0 Å². The molecule has 1 aliphatic rings. The molecule has 1 saturated heterocycles. The Morgan fingerprint density at radius 2 is 1.47 bits per heavy atom. The maximum atomic E-state index is 15.0. The number of carbonyl (C=O) groups excluding carboxylic acids is 2. The lowest BCUT2D eigenvalue weighted by atomic mass is 9.77. The smallest absolute Gasteiger partial charge is 0.412 e. The summed E-state index contributed by atoms with van der Waals surface area (Å²) < 4.78 is 48.3. The van der Waals surface area contributed by atoms with Gasteiger partial charge in [-0.1, -0.05) is 42.5 Å². The Hall–Kier alpha value is -3.85. The van der Waals surface area contributed by atoms with Crippen LogP contribution in [0.3, 0.4) is 0 Å². The summed E-state index contributed by atoms with van der Waals surface area (Å²) in [6, 6.07) is 14.8. The van der Waals surface area contributed by atoms with Crippen molar-refractivity contribution in [3.63, 3.8) is 0 Å². The average Bonchev–Trinajstić information content (AvgIpc) is 3.07. The Kier molecular flexibility index (Phi) is 5.58. The van der Waals surface area contributed by atoms with Gasteiger partial charge in [0, 0.05) is 16.7 Å². The molecule has 2 amide bonds. The van der Waals surface area contributed by atoms with E-state index in [1.54, 1.807) is 6.07 Å². The van der Waals surface area contributed by atoms with E-state index in [1.165, 1.54) is 66.7 Å². The first kappa shape index (κ1) is 21.4. The van der Waals surface area contributed by atoms with Gasteiger partial charge in [0.25, 0.3) is 5.91 Å². The zero-order valence-electron chi connectivity index (χ0n) is 16.6. The van der Waals surface area contributed by atoms with Crippen molar-refractivity contribution in [2.45, 2.75) is 11.6 Å². The monoisotopic (exact) mass is 441 g/mol. The van der Waals surface area contributed by atoms with Crippen LogP contribution in [0, 0.1) is 17.5 Å². The molecule has 9 heteroatoms. The number of nitrogens with zero attached hydrogens (tertiary/aromatic N) is 1. The van der Waals surface area contributed by atoms with Crippen LogP contribution in [0.4, 0.5) is 18.0 Å². The molecule has 1 heterocycles. The molecule has 3 aromatic rings. The van der Waals surface area contributed by atoms with Crippen molar-refractivity contribution in [2.75, 3.05) is 6.54 Å². The van der Waals surface area contributed by atoms with Crippen molar-refractivity contribution in [1.82, 2.24) is 10.3 Å². The minimum absolute atomic E-state index is 0.0526. The normalized spacial score (nSPS) is 17.2. The minimum atomic E-state index is -1.71. The summed E-state index contributed by atoms with van der Waals surface area (Å²) in [5.74, 6) is 2.77. The van der Waals surface area contributed by atoms with Gasteiger partial charge in [0.1, 0.15) is 30.0 Å². The quantitative estimate of drug-likeness (QED) is 0.361. The van der Waals surface area contributed by atoms with Crippen LogP contribution in [0.5, 0.6) is 0 Å². The molecule has 1 aliphatic heterocycles. The van der Waals surface area contributed by atoms with Gasteiger partial charge in [-0.3, -0.25) is 15.1 Å². The third kappa shape index (κ3) is 3.56. The van der Waals surface area contributed by atoms with Crippen LogP contribution in [0.2, 0.25) is 0 Å². The zero-order chi connectivity index (χ0) is 22.9. The number of carbonyl (C=O) groups is 2. The second kappa shape index (κ2) is 8.35. The standard InChI is InChI=1S/C23H18F3N3O3/c24-16-9-5-14(6-10-16)23(15-7-11-17(25)12-8-15)21(18-3-1-2-4-19(18)26)29(22(31)32-23)13-20(30)28-27/h1-12,21H,13,27H2,(H,28,30)/t21-/m0/s1. The molecule has 0 radical (unpaired) electrons. The highest BCUT2D eigenvalue weighted by molar-refractivity contribution is 5.84. The molecular weight excluding hydrogens is 423 g/mol. The predicted octanol–water partition coefficient (Wildman–Crippen LogP) is 3.53. The Balaban J connectivity index is 2.02. The topological polar surface area (TPSA) is 84.7 Å². The summed E-state index contributed by atoms with van der Waals surface area (Å²) in [4.78, 5) is 26.1. The summed E-state index contributed by atoms with van der Waals surface area (Å²) >= 11 is 0. The van der Waals surface area contributed by atoms with Gasteiger partial charge in [-0.15, -0.1) is 0 Å². The summed E-state index contributed by atoms with van der Waals surface area (Å²) in [7, 11) is 0. The van der Waals surface area contributed by atoms with E-state index in [4.69, 9.17) is 10.6 Å². The maximum absolute atomic E-state index is 15.0. The van der Waals surface area contributed by atoms with Crippen molar-refractivity contribution < 1.29 is 27.5 Å². The van der Waals surface area contributed by atoms with Crippen LogP contribution in [0.1, 0.15) is 22.7 Å². The van der Waals surface area contributed by atoms with Crippen molar-refractivity contribution in [2.24, 2.45) is 5.84 Å². The molecule has 6 nitrogen and oxygen atoms in total. The number of cyclic esters (lactones) is 1. The van der Waals surface area contributed by atoms with Gasteiger partial charge in [0.2, 0.25) is 0 Å². The molecular formula is C23H18F3N3O3. The van der Waals surface area contributed by atoms with Gasteiger partial charge < -0.3 is 4.74 Å². The number of rotatable bonds is 5. The fourth-order valence-electron chi connectivity index (χ4n) is 4.01. The van der Waals surface area contributed by atoms with Crippen LogP contribution in [0.15, 0.2) is 72.8 Å². The highest BCUT2D eigenvalue weighted by atomic mass is 19.1. The van der Waals surface area contributed by atoms with E-state index in [1.807, 2.05) is 5.43 Å². The number of benzene rings is 3. The number of nitrogens with two attached hydrogens (primary N) is 1. The van der Waals surface area contributed by atoms with Gasteiger partial charge in [-0.25, -0.2) is 23.8 Å². The molecule has 3 aromatic carbocycles. The van der Waals surface area contributed by atoms with Crippen LogP contribution in [-0.2, 0) is 15.1 Å². The first-order valence-electron chi connectivity index (χ1n) is 9.62. The lowest BCUT2D eigenvalue weighted by Gasteiger charge is -2.36. The van der Waals surface area contributed by atoms with E-state index in [2.05, 4.69) is 0 Å². The Morgan fingerprint density at radius 3 is 1.97 bits per heavy atom. The Morgan fingerprint density at radius 1 is 0.938 bits per heavy atom. The second-order valence-electron chi connectivity index (χ2n) is 7.24. The van der Waals surface area contributed by atoms with E-state index in [9.17, 15) is 18.4 Å². The lowest BCUT2D eigenvalue weighted by molar-refractivity contribution is -0.122. The highest BCUT2D eigenvalue weighted by Gasteiger charge is 2.58. The molecule has 164 valence electrons. The molecule has 0 spiro atoms. The van der Waals surface area contributed by atoms with Crippen molar-refractivity contribution in [1.29, 1.82) is 0 Å². The van der Waals surface area contributed by atoms with Gasteiger partial charge in [0.15, 0.2) is 5.60 Å². The average molecular weight is 441 g/mol. The number of hydrogen-bond acceptors (Lipinski definition) is 4. The van der Waals surface area contributed by atoms with E-state index in [0.717, 1.165) is 4.90 Å². The van der Waals surface area contributed by atoms with Gasteiger partial charge in [0.05, 0.1) is 0 Å². The SMILES string of the molecule is NNC(=O)CN1C(=O)OC(c2ccc(F)cc2)(c2ccc(F)cc2)[C@@H]1c1ccccc1F. The van der Waals surface area contributed by atoms with Crippen LogP contribution in [-0.4, -0.2) is 23.4 Å². The highest BCUT2D eigenvalue weighted by Crippen LogP contribution is 2.52. The van der Waals surface area contributed by atoms with E-state index in [-0.39, 0.29) is 5.56 Å². The summed E-state index contributed by atoms with van der Waals surface area (Å²) in [6.45, 7) is -0.529. The third-order valence-electron chi connectivity index (χ3n) is 5.40. The van der Waals surface area contributed by atoms with Crippen LogP contribution >= 0.6 is 0 Å². The fraction of sp³-hybridized carbons (Fsp3) is 0.130. The number of hydrazine groups is 1. The number of halogens is 3. The molecule has 1 atom stereocenters. The molecule has 0 saturated carbocycles. The summed E-state index contributed by atoms with van der Waals surface area (Å²) in [5.41, 5.74) is 0.896. The molecule has 1 fully saturated rings. The molecule has 0 unspecified atom stereocenters. The Bertz CT molecular complexity index is 1110. The first-order valence-corrected chi connectivity index (χ1v) is 9.62. The number of ether oxygens (including phenoxy) is 1. The molecule has 3 N–H and O–H groups in total. The number of nitrogens with one attached hydrogen (secondary N) is 1. The van der Waals surface area contributed by atoms with Crippen LogP contribution in [0.25, 0.3) is 0 Å². The minimum Gasteiger partial charge on any atom is -0.430 e. The van der Waals surface area contributed by atoms with Gasteiger partial charge >= 0.3 is 6.09 Å². The largest absolute Gasteiger partial charge is 0.430 e. The fourth-order valence-corrected chi connectivity index (χ4v) is 4.01. The van der Waals surface area contributed by atoms with Gasteiger partial charge in [-0.05, 0) is 30.3 Å². The van der Waals surface area contributed by atoms with E-state index < -0.39 is 47.6 Å². The maximum Gasteiger partial charge on any atom is 0.412 e. The van der Waals surface area contributed by atoms with E-state index >= 15 is 4.39 Å². The van der Waals surface area contributed by atoms with Crippen molar-refractivity contribution in [3.8, 4) is 0 Å². The second-order valence-corrected chi connectivity index (χ2v) is 7.24. The Labute approximate surface area is 181 Å². The zero-order valence-corrected chi connectivity index (χ0v) is 16.6. The lowest BCUT2D eigenvalue weighted by Crippen LogP contribution is -2.44. The summed E-state index contributed by atoms with van der Waals surface area (Å²) in [6.07, 6.45) is -0.921. The molecule has 0 aromatic heterocycles. The van der Waals surface area contributed by atoms with Crippen molar-refractivity contribution >= 4 is 12.0 Å². The van der Waals surface area contributed by atoms with Crippen LogP contribution < -0.4 is 11.3 Å². The third-order valence-corrected chi connectivity index (χ3v) is 5.40. The van der Waals surface area contributed by atoms with E-state index in [0.29, 0.717) is 11.1 Å². The molecule has 4 rings (SSSR count). The predicted molar refractivity (Wildman–Crippen MR) is 108 cm³/mol. The number of hydrogen-bond donors (Lipinski definition) is 2. The van der Waals surface area contributed by atoms with Crippen molar-refractivity contribution in [3.05, 3.63) is 107 Å². The summed E-state index contributed by atoms with van der Waals surface area (Å²) in [5, 5.41) is 0. The number of amides is 2. The molecule has 0 aliphatic carbocycles. The molecule has 0 bridgehead atoms. The molecule has 32 heavy (non-hydrogen) atoms. The first-order chi connectivity index (χ1) is 15.4.